The maximum atomic E-state index is 10.8. The van der Waals surface area contributed by atoms with Crippen molar-refractivity contribution in [3.63, 3.8) is 0 Å². The molecular formula is C9H17NO6. The number of hydrogen-bond acceptors (Lipinski definition) is 6. The first-order chi connectivity index (χ1) is 7.45. The topological polar surface area (TPSA) is 122 Å². The van der Waals surface area contributed by atoms with Crippen molar-refractivity contribution in [3.05, 3.63) is 0 Å². The quantitative estimate of drug-likeness (QED) is 0.435. The number of aliphatic hydroxyl groups is 3. The summed E-state index contributed by atoms with van der Waals surface area (Å²) in [6.45, 7) is 1.11. The maximum Gasteiger partial charge on any atom is 0.246 e. The molecule has 5 N–H and O–H groups in total. The second-order valence-electron chi connectivity index (χ2n) is 3.78. The van der Waals surface area contributed by atoms with Crippen LogP contribution in [0.25, 0.3) is 0 Å². The van der Waals surface area contributed by atoms with Crippen molar-refractivity contribution >= 4 is 5.91 Å². The monoisotopic (exact) mass is 235 g/mol. The largest absolute Gasteiger partial charge is 0.394 e. The summed E-state index contributed by atoms with van der Waals surface area (Å²) in [7, 11) is 0. The van der Waals surface area contributed by atoms with E-state index in [0.717, 1.165) is 0 Å². The minimum absolute atomic E-state index is 0.114. The number of nitrogens with two attached hydrogens (primary N) is 1. The van der Waals surface area contributed by atoms with Crippen molar-refractivity contribution < 1.29 is 29.6 Å². The first-order valence-corrected chi connectivity index (χ1v) is 5.03. The van der Waals surface area contributed by atoms with Crippen LogP contribution in [0.5, 0.6) is 0 Å². The molecule has 1 aliphatic rings. The highest BCUT2D eigenvalue weighted by Crippen LogP contribution is 2.21. The molecule has 0 aliphatic carbocycles. The van der Waals surface area contributed by atoms with Gasteiger partial charge in [-0.1, -0.05) is 0 Å². The Morgan fingerprint density at radius 2 is 2.25 bits per heavy atom. The van der Waals surface area contributed by atoms with Gasteiger partial charge in [-0.05, 0) is 6.92 Å². The number of primary amides is 1. The number of rotatable bonds is 4. The van der Waals surface area contributed by atoms with E-state index in [9.17, 15) is 15.0 Å². The number of carbonyl (C=O) groups is 1. The van der Waals surface area contributed by atoms with Crippen LogP contribution in [0, 0.1) is 0 Å². The molecule has 1 aliphatic heterocycles. The minimum atomic E-state index is -1.26. The number of hydrogen-bond donors (Lipinski definition) is 4. The van der Waals surface area contributed by atoms with Crippen LogP contribution in [0.4, 0.5) is 0 Å². The molecule has 1 saturated heterocycles. The Kier molecular flexibility index (Phi) is 4.63. The first kappa shape index (κ1) is 13.3. The van der Waals surface area contributed by atoms with E-state index >= 15 is 0 Å². The lowest BCUT2D eigenvalue weighted by molar-refractivity contribution is -0.279. The highest BCUT2D eigenvalue weighted by atomic mass is 16.7. The molecule has 0 aromatic carbocycles. The summed E-state index contributed by atoms with van der Waals surface area (Å²) >= 11 is 0. The molecule has 0 bridgehead atoms. The molecule has 0 aromatic heterocycles. The molecule has 4 unspecified atom stereocenters. The SMILES string of the molecule is CC(O[C@@H]1OC(CO)CC(O)C1O)C(N)=O. The van der Waals surface area contributed by atoms with Gasteiger partial charge in [0.1, 0.15) is 12.2 Å². The Balaban J connectivity index is 2.59. The van der Waals surface area contributed by atoms with Crippen LogP contribution in [-0.2, 0) is 14.3 Å². The molecule has 1 rings (SSSR count). The van der Waals surface area contributed by atoms with Crippen LogP contribution in [0.3, 0.4) is 0 Å². The molecule has 94 valence electrons. The Morgan fingerprint density at radius 3 is 2.75 bits per heavy atom. The minimum Gasteiger partial charge on any atom is -0.394 e. The number of carbonyl (C=O) groups excluding carboxylic acids is 1. The molecule has 16 heavy (non-hydrogen) atoms. The van der Waals surface area contributed by atoms with Crippen molar-refractivity contribution in [2.75, 3.05) is 6.61 Å². The van der Waals surface area contributed by atoms with Crippen LogP contribution in [0.1, 0.15) is 13.3 Å². The third kappa shape index (κ3) is 3.13. The van der Waals surface area contributed by atoms with Crippen LogP contribution in [0.15, 0.2) is 0 Å². The number of amides is 1. The third-order valence-electron chi connectivity index (χ3n) is 2.45. The molecule has 1 heterocycles. The van der Waals surface area contributed by atoms with E-state index in [0.29, 0.717) is 0 Å². The maximum absolute atomic E-state index is 10.8. The Hall–Kier alpha value is -0.730. The Labute approximate surface area is 92.8 Å². The molecule has 0 spiro atoms. The predicted molar refractivity (Wildman–Crippen MR) is 52.1 cm³/mol. The second-order valence-corrected chi connectivity index (χ2v) is 3.78. The van der Waals surface area contributed by atoms with Gasteiger partial charge >= 0.3 is 0 Å². The van der Waals surface area contributed by atoms with Gasteiger partial charge in [0, 0.05) is 6.42 Å². The normalized spacial score (nSPS) is 37.0. The van der Waals surface area contributed by atoms with E-state index in [1.165, 1.54) is 6.92 Å². The Morgan fingerprint density at radius 1 is 1.62 bits per heavy atom. The van der Waals surface area contributed by atoms with Gasteiger partial charge in [0.25, 0.3) is 0 Å². The van der Waals surface area contributed by atoms with E-state index in [4.69, 9.17) is 20.3 Å². The zero-order valence-electron chi connectivity index (χ0n) is 8.94. The van der Waals surface area contributed by atoms with Gasteiger partial charge in [0.05, 0.1) is 18.8 Å². The fraction of sp³-hybridized carbons (Fsp3) is 0.889. The van der Waals surface area contributed by atoms with Gasteiger partial charge in [0.2, 0.25) is 5.91 Å². The van der Waals surface area contributed by atoms with Crippen molar-refractivity contribution in [3.8, 4) is 0 Å². The highest BCUT2D eigenvalue weighted by molar-refractivity contribution is 5.78. The second kappa shape index (κ2) is 5.55. The summed E-state index contributed by atoms with van der Waals surface area (Å²) < 4.78 is 10.2. The highest BCUT2D eigenvalue weighted by Gasteiger charge is 2.38. The van der Waals surface area contributed by atoms with Gasteiger partial charge in [0.15, 0.2) is 6.29 Å². The summed E-state index contributed by atoms with van der Waals surface area (Å²) in [5.41, 5.74) is 4.99. The van der Waals surface area contributed by atoms with Gasteiger partial charge in [-0.2, -0.15) is 0 Å². The average molecular weight is 235 g/mol. The fourth-order valence-electron chi connectivity index (χ4n) is 1.41. The summed E-state index contributed by atoms with van der Waals surface area (Å²) in [4.78, 5) is 10.8. The van der Waals surface area contributed by atoms with Crippen molar-refractivity contribution in [1.82, 2.24) is 0 Å². The van der Waals surface area contributed by atoms with E-state index in [1.54, 1.807) is 0 Å². The van der Waals surface area contributed by atoms with Crippen molar-refractivity contribution in [2.24, 2.45) is 5.73 Å². The van der Waals surface area contributed by atoms with Gasteiger partial charge in [-0.15, -0.1) is 0 Å². The molecular weight excluding hydrogens is 218 g/mol. The predicted octanol–water partition coefficient (Wildman–Crippen LogP) is -2.29. The third-order valence-corrected chi connectivity index (χ3v) is 2.45. The van der Waals surface area contributed by atoms with Crippen molar-refractivity contribution in [1.29, 1.82) is 0 Å². The zero-order valence-corrected chi connectivity index (χ0v) is 8.94. The molecule has 1 amide bonds. The molecule has 7 heteroatoms. The number of ether oxygens (including phenoxy) is 2. The first-order valence-electron chi connectivity index (χ1n) is 5.03. The molecule has 0 saturated carbocycles. The smallest absolute Gasteiger partial charge is 0.246 e. The van der Waals surface area contributed by atoms with Gasteiger partial charge in [-0.3, -0.25) is 4.79 Å². The lowest BCUT2D eigenvalue weighted by Gasteiger charge is -2.36. The molecule has 7 nitrogen and oxygen atoms in total. The number of aliphatic hydroxyl groups excluding tert-OH is 3. The zero-order chi connectivity index (χ0) is 12.3. The standard InChI is InChI=1S/C9H17NO6/c1-4(8(10)14)15-9-7(13)6(12)2-5(3-11)16-9/h4-7,9,11-13H,2-3H2,1H3,(H2,10,14)/t4?,5?,6?,7?,9-/m1/s1. The van der Waals surface area contributed by atoms with E-state index in [2.05, 4.69) is 0 Å². The van der Waals surface area contributed by atoms with Crippen molar-refractivity contribution in [2.45, 2.75) is 44.1 Å². The molecule has 0 aromatic rings. The van der Waals surface area contributed by atoms with Crippen LogP contribution in [-0.4, -0.2) is 58.5 Å². The van der Waals surface area contributed by atoms with Crippen LogP contribution in [0.2, 0.25) is 0 Å². The Bertz CT molecular complexity index is 248. The lowest BCUT2D eigenvalue weighted by Crippen LogP contribution is -2.52. The van der Waals surface area contributed by atoms with E-state index in [1.807, 2.05) is 0 Å². The molecule has 0 radical (unpaired) electrons. The lowest BCUT2D eigenvalue weighted by atomic mass is 10.0. The van der Waals surface area contributed by atoms with Crippen LogP contribution < -0.4 is 5.73 Å². The summed E-state index contributed by atoms with van der Waals surface area (Å²) in [6, 6.07) is 0. The van der Waals surface area contributed by atoms with E-state index in [-0.39, 0.29) is 13.0 Å². The van der Waals surface area contributed by atoms with Gasteiger partial charge in [-0.25, -0.2) is 0 Å². The van der Waals surface area contributed by atoms with Crippen LogP contribution >= 0.6 is 0 Å². The molecule has 1 fully saturated rings. The molecule has 5 atom stereocenters. The average Bonchev–Trinajstić information content (AvgIpc) is 2.24. The van der Waals surface area contributed by atoms with Gasteiger partial charge < -0.3 is 30.5 Å². The van der Waals surface area contributed by atoms with E-state index < -0.39 is 36.6 Å². The summed E-state index contributed by atoms with van der Waals surface area (Å²) in [5.74, 6) is -0.698. The summed E-state index contributed by atoms with van der Waals surface area (Å²) in [5, 5.41) is 27.9. The fourth-order valence-corrected chi connectivity index (χ4v) is 1.41. The summed E-state index contributed by atoms with van der Waals surface area (Å²) in [6.07, 6.45) is -4.93.